The summed E-state index contributed by atoms with van der Waals surface area (Å²) in [5, 5.41) is 18.9. The lowest BCUT2D eigenvalue weighted by Crippen LogP contribution is -2.47. The number of carbonyl (C=O) groups is 1. The van der Waals surface area contributed by atoms with Gasteiger partial charge in [-0.1, -0.05) is 54.6 Å². The Kier molecular flexibility index (Phi) is 6.60. The van der Waals surface area contributed by atoms with Gasteiger partial charge in [-0.15, -0.1) is 0 Å². The number of ether oxygens (including phenoxy) is 1. The van der Waals surface area contributed by atoms with E-state index in [0.717, 1.165) is 29.8 Å². The van der Waals surface area contributed by atoms with Gasteiger partial charge < -0.3 is 25.8 Å². The predicted molar refractivity (Wildman–Crippen MR) is 101 cm³/mol. The summed E-state index contributed by atoms with van der Waals surface area (Å²) in [6.07, 6.45) is -0.761. The molecule has 0 aromatic heterocycles. The average molecular weight is 355 g/mol. The SMILES string of the molecule is O=C(NCC1CNCCO1)NCC(O)c1ccc(-c2ccccc2)cc1. The molecule has 6 nitrogen and oxygen atoms in total. The van der Waals surface area contributed by atoms with Crippen LogP contribution in [0.3, 0.4) is 0 Å². The third-order valence-corrected chi connectivity index (χ3v) is 4.35. The van der Waals surface area contributed by atoms with Crippen LogP contribution in [0.2, 0.25) is 0 Å². The Morgan fingerprint density at radius 3 is 2.54 bits per heavy atom. The molecule has 4 N–H and O–H groups in total. The van der Waals surface area contributed by atoms with Gasteiger partial charge in [-0.3, -0.25) is 0 Å². The second kappa shape index (κ2) is 9.33. The largest absolute Gasteiger partial charge is 0.387 e. The minimum atomic E-state index is -0.752. The van der Waals surface area contributed by atoms with Gasteiger partial charge in [0.1, 0.15) is 0 Å². The van der Waals surface area contributed by atoms with Crippen LogP contribution in [0.15, 0.2) is 54.6 Å². The number of hydrogen-bond acceptors (Lipinski definition) is 4. The fourth-order valence-corrected chi connectivity index (χ4v) is 2.86. The molecule has 0 spiro atoms. The van der Waals surface area contributed by atoms with Crippen molar-refractivity contribution in [1.29, 1.82) is 0 Å². The van der Waals surface area contributed by atoms with Crippen molar-refractivity contribution in [2.75, 3.05) is 32.8 Å². The first kappa shape index (κ1) is 18.4. The highest BCUT2D eigenvalue weighted by Crippen LogP contribution is 2.21. The molecule has 0 radical (unpaired) electrons. The molecule has 6 heteroatoms. The summed E-state index contributed by atoms with van der Waals surface area (Å²) >= 11 is 0. The molecule has 2 atom stereocenters. The lowest BCUT2D eigenvalue weighted by Gasteiger charge is -2.23. The fourth-order valence-electron chi connectivity index (χ4n) is 2.86. The zero-order valence-corrected chi connectivity index (χ0v) is 14.7. The normalized spacial score (nSPS) is 18.1. The monoisotopic (exact) mass is 355 g/mol. The summed E-state index contributed by atoms with van der Waals surface area (Å²) in [7, 11) is 0. The Hall–Kier alpha value is -2.41. The van der Waals surface area contributed by atoms with Gasteiger partial charge >= 0.3 is 6.03 Å². The first-order valence-corrected chi connectivity index (χ1v) is 8.90. The van der Waals surface area contributed by atoms with Gasteiger partial charge in [-0.2, -0.15) is 0 Å². The topological polar surface area (TPSA) is 82.6 Å². The van der Waals surface area contributed by atoms with E-state index < -0.39 is 6.10 Å². The van der Waals surface area contributed by atoms with Gasteiger partial charge in [0.05, 0.1) is 18.8 Å². The molecular formula is C20H25N3O3. The van der Waals surface area contributed by atoms with Crippen LogP contribution in [0.5, 0.6) is 0 Å². The number of aliphatic hydroxyl groups excluding tert-OH is 1. The van der Waals surface area contributed by atoms with E-state index in [1.54, 1.807) is 0 Å². The lowest BCUT2D eigenvalue weighted by atomic mass is 10.0. The number of amides is 2. The van der Waals surface area contributed by atoms with E-state index >= 15 is 0 Å². The van der Waals surface area contributed by atoms with Gasteiger partial charge in [-0.25, -0.2) is 4.79 Å². The molecule has 2 amide bonds. The third-order valence-electron chi connectivity index (χ3n) is 4.35. The highest BCUT2D eigenvalue weighted by molar-refractivity contribution is 5.73. The molecule has 1 heterocycles. The second-order valence-electron chi connectivity index (χ2n) is 6.29. The van der Waals surface area contributed by atoms with E-state index in [1.165, 1.54) is 0 Å². The van der Waals surface area contributed by atoms with E-state index in [0.29, 0.717) is 13.2 Å². The summed E-state index contributed by atoms with van der Waals surface area (Å²) in [6.45, 7) is 2.83. The zero-order chi connectivity index (χ0) is 18.2. The molecule has 2 aromatic carbocycles. The maximum atomic E-state index is 11.9. The van der Waals surface area contributed by atoms with Crippen molar-refractivity contribution < 1.29 is 14.6 Å². The standard InChI is InChI=1S/C20H25N3O3/c24-19(14-23-20(25)22-13-18-12-21-10-11-26-18)17-8-6-16(7-9-17)15-4-2-1-3-5-15/h1-9,18-19,21,24H,10-14H2,(H2,22,23,25). The smallest absolute Gasteiger partial charge is 0.314 e. The van der Waals surface area contributed by atoms with E-state index in [1.807, 2.05) is 54.6 Å². The van der Waals surface area contributed by atoms with Crippen LogP contribution in [0.25, 0.3) is 11.1 Å². The Balaban J connectivity index is 1.44. The molecular weight excluding hydrogens is 330 g/mol. The number of rotatable bonds is 6. The minimum absolute atomic E-state index is 0.00930. The van der Waals surface area contributed by atoms with E-state index in [-0.39, 0.29) is 18.7 Å². The van der Waals surface area contributed by atoms with Crippen LogP contribution >= 0.6 is 0 Å². The summed E-state index contributed by atoms with van der Waals surface area (Å²) in [5.41, 5.74) is 2.99. The van der Waals surface area contributed by atoms with Crippen molar-refractivity contribution in [3.8, 4) is 11.1 Å². The van der Waals surface area contributed by atoms with E-state index in [9.17, 15) is 9.90 Å². The number of morpholine rings is 1. The fraction of sp³-hybridized carbons (Fsp3) is 0.350. The van der Waals surface area contributed by atoms with Crippen LogP contribution in [0.1, 0.15) is 11.7 Å². The van der Waals surface area contributed by atoms with Crippen molar-refractivity contribution in [3.63, 3.8) is 0 Å². The van der Waals surface area contributed by atoms with Crippen molar-refractivity contribution >= 4 is 6.03 Å². The van der Waals surface area contributed by atoms with Crippen molar-refractivity contribution in [2.45, 2.75) is 12.2 Å². The number of urea groups is 1. The number of aliphatic hydroxyl groups is 1. The summed E-state index contributed by atoms with van der Waals surface area (Å²) in [6, 6.07) is 17.5. The van der Waals surface area contributed by atoms with Crippen LogP contribution in [-0.4, -0.2) is 50.0 Å². The van der Waals surface area contributed by atoms with E-state index in [4.69, 9.17) is 4.74 Å². The second-order valence-corrected chi connectivity index (χ2v) is 6.29. The van der Waals surface area contributed by atoms with Crippen molar-refractivity contribution in [1.82, 2.24) is 16.0 Å². The molecule has 0 saturated carbocycles. The first-order valence-electron chi connectivity index (χ1n) is 8.90. The van der Waals surface area contributed by atoms with Crippen molar-refractivity contribution in [3.05, 3.63) is 60.2 Å². The molecule has 0 bridgehead atoms. The number of nitrogens with one attached hydrogen (secondary N) is 3. The predicted octanol–water partition coefficient (Wildman–Crippen LogP) is 1.67. The quantitative estimate of drug-likeness (QED) is 0.635. The molecule has 2 unspecified atom stereocenters. The number of hydrogen-bond donors (Lipinski definition) is 4. The summed E-state index contributed by atoms with van der Waals surface area (Å²) in [4.78, 5) is 11.9. The first-order chi connectivity index (χ1) is 12.7. The number of benzene rings is 2. The highest BCUT2D eigenvalue weighted by Gasteiger charge is 2.15. The van der Waals surface area contributed by atoms with Gasteiger partial charge in [-0.05, 0) is 16.7 Å². The Bertz CT molecular complexity index is 685. The maximum Gasteiger partial charge on any atom is 0.314 e. The third kappa shape index (κ3) is 5.29. The molecule has 2 aromatic rings. The molecule has 138 valence electrons. The van der Waals surface area contributed by atoms with E-state index in [2.05, 4.69) is 16.0 Å². The maximum absolute atomic E-state index is 11.9. The number of carbonyl (C=O) groups excluding carboxylic acids is 1. The van der Waals surface area contributed by atoms with Gasteiger partial charge in [0, 0.05) is 26.2 Å². The van der Waals surface area contributed by atoms with Crippen LogP contribution in [-0.2, 0) is 4.74 Å². The lowest BCUT2D eigenvalue weighted by molar-refractivity contribution is 0.0307. The zero-order valence-electron chi connectivity index (χ0n) is 14.7. The average Bonchev–Trinajstić information content (AvgIpc) is 2.72. The minimum Gasteiger partial charge on any atom is -0.387 e. The van der Waals surface area contributed by atoms with Crippen molar-refractivity contribution in [2.24, 2.45) is 0 Å². The molecule has 1 fully saturated rings. The van der Waals surface area contributed by atoms with Crippen LogP contribution in [0, 0.1) is 0 Å². The highest BCUT2D eigenvalue weighted by atomic mass is 16.5. The Morgan fingerprint density at radius 1 is 1.12 bits per heavy atom. The van der Waals surface area contributed by atoms with Gasteiger partial charge in [0.15, 0.2) is 0 Å². The molecule has 3 rings (SSSR count). The molecule has 0 aliphatic carbocycles. The van der Waals surface area contributed by atoms with Crippen LogP contribution in [0.4, 0.5) is 4.79 Å². The Morgan fingerprint density at radius 2 is 1.85 bits per heavy atom. The summed E-state index contributed by atoms with van der Waals surface area (Å²) in [5.74, 6) is 0. The molecule has 1 saturated heterocycles. The molecule has 1 aliphatic rings. The van der Waals surface area contributed by atoms with Gasteiger partial charge in [0.2, 0.25) is 0 Å². The molecule has 1 aliphatic heterocycles. The van der Waals surface area contributed by atoms with Gasteiger partial charge in [0.25, 0.3) is 0 Å². The van der Waals surface area contributed by atoms with Crippen LogP contribution < -0.4 is 16.0 Å². The summed E-state index contributed by atoms with van der Waals surface area (Å²) < 4.78 is 5.52. The Labute approximate surface area is 153 Å². The molecule has 26 heavy (non-hydrogen) atoms.